The summed E-state index contributed by atoms with van der Waals surface area (Å²) in [5.74, 6) is 0.273. The quantitative estimate of drug-likeness (QED) is 0.626. The topological polar surface area (TPSA) is 66.9 Å². The van der Waals surface area contributed by atoms with Crippen molar-refractivity contribution in [3.8, 4) is 0 Å². The molecule has 1 aromatic rings. The van der Waals surface area contributed by atoms with Crippen LogP contribution in [0.25, 0.3) is 0 Å². The van der Waals surface area contributed by atoms with Crippen LogP contribution in [-0.4, -0.2) is 74.0 Å². The van der Waals surface area contributed by atoms with Crippen LogP contribution >= 0.6 is 0 Å². The van der Waals surface area contributed by atoms with Crippen molar-refractivity contribution in [3.63, 3.8) is 0 Å². The second-order valence-electron chi connectivity index (χ2n) is 7.93. The fourth-order valence-electron chi connectivity index (χ4n) is 4.14. The summed E-state index contributed by atoms with van der Waals surface area (Å²) in [4.78, 5) is 17.2. The number of rotatable bonds is 9. The molecule has 0 aromatic heterocycles. The van der Waals surface area contributed by atoms with Crippen LogP contribution in [-0.2, 0) is 25.9 Å². The van der Waals surface area contributed by atoms with Crippen molar-refractivity contribution < 1.29 is 17.9 Å². The summed E-state index contributed by atoms with van der Waals surface area (Å²) in [6.07, 6.45) is 3.47. The van der Waals surface area contributed by atoms with Crippen molar-refractivity contribution >= 4 is 15.7 Å². The second kappa shape index (κ2) is 9.85. The molecule has 2 saturated heterocycles. The van der Waals surface area contributed by atoms with E-state index >= 15 is 0 Å². The van der Waals surface area contributed by atoms with E-state index < -0.39 is 9.84 Å². The third-order valence-electron chi connectivity index (χ3n) is 5.54. The van der Waals surface area contributed by atoms with Gasteiger partial charge in [-0.2, -0.15) is 0 Å². The van der Waals surface area contributed by atoms with Gasteiger partial charge >= 0.3 is 0 Å². The summed E-state index contributed by atoms with van der Waals surface area (Å²) in [6, 6.07) is 9.93. The van der Waals surface area contributed by atoms with Crippen LogP contribution in [0.2, 0.25) is 0 Å². The van der Waals surface area contributed by atoms with E-state index in [1.807, 2.05) is 18.2 Å². The van der Waals surface area contributed by atoms with Gasteiger partial charge in [0.25, 0.3) is 0 Å². The van der Waals surface area contributed by atoms with Crippen LogP contribution in [0.5, 0.6) is 0 Å². The zero-order valence-electron chi connectivity index (χ0n) is 16.8. The Labute approximate surface area is 168 Å². The highest BCUT2D eigenvalue weighted by atomic mass is 32.2. The molecule has 1 amide bonds. The Kier molecular flexibility index (Phi) is 7.48. The van der Waals surface area contributed by atoms with Crippen molar-refractivity contribution in [2.75, 3.05) is 37.7 Å². The molecular weight excluding hydrogens is 376 g/mol. The predicted octanol–water partition coefficient (Wildman–Crippen LogP) is 2.09. The molecule has 2 aliphatic heterocycles. The van der Waals surface area contributed by atoms with Crippen molar-refractivity contribution in [1.82, 2.24) is 9.80 Å². The molecule has 2 atom stereocenters. The third-order valence-corrected chi connectivity index (χ3v) is 7.29. The van der Waals surface area contributed by atoms with Gasteiger partial charge in [0.15, 0.2) is 9.84 Å². The minimum absolute atomic E-state index is 0.0157. The molecule has 2 fully saturated rings. The molecule has 156 valence electrons. The Morgan fingerprint density at radius 3 is 2.61 bits per heavy atom. The number of benzene rings is 1. The van der Waals surface area contributed by atoms with Gasteiger partial charge in [0.2, 0.25) is 5.91 Å². The Bertz CT molecular complexity index is 732. The van der Waals surface area contributed by atoms with E-state index in [-0.39, 0.29) is 29.6 Å². The zero-order chi connectivity index (χ0) is 20.0. The number of sulfone groups is 1. The Hall–Kier alpha value is -1.44. The average molecular weight is 409 g/mol. The SMILES string of the molecule is CCCN(CC(=O)N(CC1CCCO1)C1CCS(=O)(=O)C1)Cc1ccccc1. The monoisotopic (exact) mass is 408 g/mol. The lowest BCUT2D eigenvalue weighted by atomic mass is 10.1. The molecule has 0 N–H and O–H groups in total. The van der Waals surface area contributed by atoms with Crippen LogP contribution in [0, 0.1) is 0 Å². The van der Waals surface area contributed by atoms with Crippen molar-refractivity contribution in [2.45, 2.75) is 51.3 Å². The normalized spacial score (nSPS) is 23.9. The van der Waals surface area contributed by atoms with Crippen molar-refractivity contribution in [3.05, 3.63) is 35.9 Å². The van der Waals surface area contributed by atoms with Gasteiger partial charge in [-0.25, -0.2) is 8.42 Å². The van der Waals surface area contributed by atoms with Crippen LogP contribution in [0.1, 0.15) is 38.2 Å². The van der Waals surface area contributed by atoms with Gasteiger partial charge < -0.3 is 9.64 Å². The first-order valence-electron chi connectivity index (χ1n) is 10.3. The molecular formula is C21H32N2O4S. The molecule has 0 saturated carbocycles. The molecule has 2 heterocycles. The highest BCUT2D eigenvalue weighted by Crippen LogP contribution is 2.22. The lowest BCUT2D eigenvalue weighted by Gasteiger charge is -2.33. The van der Waals surface area contributed by atoms with Crippen molar-refractivity contribution in [2.24, 2.45) is 0 Å². The fraction of sp³-hybridized carbons (Fsp3) is 0.667. The zero-order valence-corrected chi connectivity index (χ0v) is 17.6. The van der Waals surface area contributed by atoms with E-state index in [9.17, 15) is 13.2 Å². The molecule has 3 rings (SSSR count). The van der Waals surface area contributed by atoms with Gasteiger partial charge in [-0.05, 0) is 37.8 Å². The highest BCUT2D eigenvalue weighted by Gasteiger charge is 2.36. The second-order valence-corrected chi connectivity index (χ2v) is 10.2. The smallest absolute Gasteiger partial charge is 0.237 e. The van der Waals surface area contributed by atoms with E-state index in [4.69, 9.17) is 4.74 Å². The first kappa shape index (κ1) is 21.3. The maximum absolute atomic E-state index is 13.2. The van der Waals surface area contributed by atoms with Crippen LogP contribution in [0.15, 0.2) is 30.3 Å². The Morgan fingerprint density at radius 1 is 1.21 bits per heavy atom. The minimum Gasteiger partial charge on any atom is -0.376 e. The van der Waals surface area contributed by atoms with Gasteiger partial charge in [0, 0.05) is 25.7 Å². The number of amides is 1. The first-order valence-corrected chi connectivity index (χ1v) is 12.2. The number of hydrogen-bond acceptors (Lipinski definition) is 5. The van der Waals surface area contributed by atoms with E-state index in [2.05, 4.69) is 24.0 Å². The summed E-state index contributed by atoms with van der Waals surface area (Å²) in [6.45, 7) is 5.20. The molecule has 28 heavy (non-hydrogen) atoms. The Balaban J connectivity index is 1.69. The number of carbonyl (C=O) groups excluding carboxylic acids is 1. The summed E-state index contributed by atoms with van der Waals surface area (Å²) in [7, 11) is -3.04. The third kappa shape index (κ3) is 6.03. The van der Waals surface area contributed by atoms with Crippen LogP contribution < -0.4 is 0 Å². The molecule has 2 unspecified atom stereocenters. The van der Waals surface area contributed by atoms with E-state index in [1.165, 1.54) is 5.56 Å². The van der Waals surface area contributed by atoms with Gasteiger partial charge in [0.1, 0.15) is 0 Å². The summed E-state index contributed by atoms with van der Waals surface area (Å²) >= 11 is 0. The van der Waals surface area contributed by atoms with E-state index in [1.54, 1.807) is 4.90 Å². The molecule has 0 spiro atoms. The van der Waals surface area contributed by atoms with E-state index in [0.717, 1.165) is 39.0 Å². The lowest BCUT2D eigenvalue weighted by Crippen LogP contribution is -2.49. The molecule has 0 bridgehead atoms. The summed E-state index contributed by atoms with van der Waals surface area (Å²) in [5.41, 5.74) is 1.18. The number of nitrogens with zero attached hydrogens (tertiary/aromatic N) is 2. The van der Waals surface area contributed by atoms with Gasteiger partial charge in [-0.15, -0.1) is 0 Å². The molecule has 0 radical (unpaired) electrons. The van der Waals surface area contributed by atoms with Crippen LogP contribution in [0.4, 0.5) is 0 Å². The largest absolute Gasteiger partial charge is 0.376 e. The molecule has 6 nitrogen and oxygen atoms in total. The average Bonchev–Trinajstić information content (AvgIpc) is 3.29. The molecule has 1 aromatic carbocycles. The molecule has 2 aliphatic rings. The van der Waals surface area contributed by atoms with Gasteiger partial charge in [-0.3, -0.25) is 9.69 Å². The number of carbonyl (C=O) groups is 1. The lowest BCUT2D eigenvalue weighted by molar-refractivity contribution is -0.136. The minimum atomic E-state index is -3.04. The predicted molar refractivity (Wildman–Crippen MR) is 110 cm³/mol. The molecule has 0 aliphatic carbocycles. The van der Waals surface area contributed by atoms with Gasteiger partial charge in [0.05, 0.1) is 24.2 Å². The highest BCUT2D eigenvalue weighted by molar-refractivity contribution is 7.91. The van der Waals surface area contributed by atoms with Crippen molar-refractivity contribution in [1.29, 1.82) is 0 Å². The van der Waals surface area contributed by atoms with Gasteiger partial charge in [-0.1, -0.05) is 37.3 Å². The van der Waals surface area contributed by atoms with E-state index in [0.29, 0.717) is 19.5 Å². The maximum atomic E-state index is 13.2. The first-order chi connectivity index (χ1) is 13.5. The number of hydrogen-bond donors (Lipinski definition) is 0. The summed E-state index contributed by atoms with van der Waals surface area (Å²) in [5, 5.41) is 0. The summed E-state index contributed by atoms with van der Waals surface area (Å²) < 4.78 is 29.7. The number of ether oxygens (including phenoxy) is 1. The Morgan fingerprint density at radius 2 is 2.00 bits per heavy atom. The van der Waals surface area contributed by atoms with Crippen LogP contribution in [0.3, 0.4) is 0 Å². The molecule has 7 heteroatoms. The standard InChI is InChI=1S/C21H32N2O4S/c1-2-11-22(14-18-7-4-3-5-8-18)16-21(24)23(15-20-9-6-12-27-20)19-10-13-28(25,26)17-19/h3-5,7-8,19-20H,2,6,9-17H2,1H3. The maximum Gasteiger partial charge on any atom is 0.237 e. The fourth-order valence-corrected chi connectivity index (χ4v) is 5.87.